The third-order valence-electron chi connectivity index (χ3n) is 3.62. The fourth-order valence-corrected chi connectivity index (χ4v) is 2.58. The van der Waals surface area contributed by atoms with Gasteiger partial charge in [0.1, 0.15) is 5.75 Å². The molecule has 1 heteroatoms. The summed E-state index contributed by atoms with van der Waals surface area (Å²) in [6, 6.07) is 6.05. The second-order valence-corrected chi connectivity index (χ2v) is 4.87. The van der Waals surface area contributed by atoms with Crippen LogP contribution in [0.15, 0.2) is 18.2 Å². The van der Waals surface area contributed by atoms with Gasteiger partial charge in [-0.1, -0.05) is 31.9 Å². The fourth-order valence-electron chi connectivity index (χ4n) is 2.58. The van der Waals surface area contributed by atoms with E-state index in [0.29, 0.717) is 5.75 Å². The molecular formula is C14H20O. The third kappa shape index (κ3) is 2.17. The van der Waals surface area contributed by atoms with Gasteiger partial charge < -0.3 is 5.11 Å². The molecule has 1 aliphatic carbocycles. The minimum atomic E-state index is 0.420. The standard InChI is InChI=1S/C14H20O/c1-3-4-11-8-13(9-11)12-5-6-14(15)10(2)7-12/h5-7,11,13,15H,3-4,8-9H2,1-2H3. The van der Waals surface area contributed by atoms with Gasteiger partial charge in [-0.15, -0.1) is 0 Å². The lowest BCUT2D eigenvalue weighted by atomic mass is 9.69. The number of hydrogen-bond donors (Lipinski definition) is 1. The van der Waals surface area contributed by atoms with E-state index in [9.17, 15) is 5.11 Å². The molecule has 0 radical (unpaired) electrons. The Bertz CT molecular complexity index is 337. The summed E-state index contributed by atoms with van der Waals surface area (Å²) >= 11 is 0. The molecule has 1 nitrogen and oxygen atoms in total. The molecule has 1 saturated carbocycles. The van der Waals surface area contributed by atoms with Crippen molar-refractivity contribution in [3.05, 3.63) is 29.3 Å². The quantitative estimate of drug-likeness (QED) is 0.789. The average Bonchev–Trinajstić information content (AvgIpc) is 2.16. The Balaban J connectivity index is 1.98. The highest BCUT2D eigenvalue weighted by Crippen LogP contribution is 2.44. The summed E-state index contributed by atoms with van der Waals surface area (Å²) < 4.78 is 0. The highest BCUT2D eigenvalue weighted by atomic mass is 16.3. The number of aryl methyl sites for hydroxylation is 1. The Morgan fingerprint density at radius 1 is 1.33 bits per heavy atom. The van der Waals surface area contributed by atoms with Crippen molar-refractivity contribution in [3.8, 4) is 5.75 Å². The summed E-state index contributed by atoms with van der Waals surface area (Å²) in [6.45, 7) is 4.24. The topological polar surface area (TPSA) is 20.2 Å². The molecule has 0 heterocycles. The fraction of sp³-hybridized carbons (Fsp3) is 0.571. The molecule has 15 heavy (non-hydrogen) atoms. The van der Waals surface area contributed by atoms with Crippen molar-refractivity contribution in [2.75, 3.05) is 0 Å². The maximum absolute atomic E-state index is 9.45. The van der Waals surface area contributed by atoms with Crippen LogP contribution in [0.3, 0.4) is 0 Å². The molecule has 82 valence electrons. The van der Waals surface area contributed by atoms with Crippen molar-refractivity contribution in [1.29, 1.82) is 0 Å². The largest absolute Gasteiger partial charge is 0.508 e. The van der Waals surface area contributed by atoms with Gasteiger partial charge in [0, 0.05) is 0 Å². The van der Waals surface area contributed by atoms with Crippen LogP contribution in [-0.2, 0) is 0 Å². The first kappa shape index (κ1) is 10.5. The van der Waals surface area contributed by atoms with E-state index >= 15 is 0 Å². The molecule has 0 saturated heterocycles. The molecule has 1 N–H and O–H groups in total. The van der Waals surface area contributed by atoms with Gasteiger partial charge in [0.15, 0.2) is 0 Å². The molecule has 1 aromatic rings. The maximum atomic E-state index is 9.45. The minimum Gasteiger partial charge on any atom is -0.508 e. The molecule has 0 aromatic heterocycles. The first-order valence-electron chi connectivity index (χ1n) is 6.00. The summed E-state index contributed by atoms with van der Waals surface area (Å²) in [5.74, 6) is 2.12. The first-order chi connectivity index (χ1) is 7.20. The normalized spacial score (nSPS) is 24.9. The summed E-state index contributed by atoms with van der Waals surface area (Å²) in [4.78, 5) is 0. The van der Waals surface area contributed by atoms with Crippen LogP contribution in [0.5, 0.6) is 5.75 Å². The molecule has 1 aromatic carbocycles. The van der Waals surface area contributed by atoms with Crippen molar-refractivity contribution >= 4 is 0 Å². The lowest BCUT2D eigenvalue weighted by Gasteiger charge is -2.35. The molecule has 0 spiro atoms. The average molecular weight is 204 g/mol. The zero-order chi connectivity index (χ0) is 10.8. The third-order valence-corrected chi connectivity index (χ3v) is 3.62. The van der Waals surface area contributed by atoms with Crippen LogP contribution in [0.4, 0.5) is 0 Å². The lowest BCUT2D eigenvalue weighted by Crippen LogP contribution is -2.21. The van der Waals surface area contributed by atoms with E-state index in [1.807, 2.05) is 13.0 Å². The maximum Gasteiger partial charge on any atom is 0.118 e. The Hall–Kier alpha value is -0.980. The van der Waals surface area contributed by atoms with Gasteiger partial charge in [-0.25, -0.2) is 0 Å². The predicted octanol–water partition coefficient (Wildman–Crippen LogP) is 3.99. The van der Waals surface area contributed by atoms with E-state index in [1.54, 1.807) is 0 Å². The van der Waals surface area contributed by atoms with Crippen LogP contribution in [-0.4, -0.2) is 5.11 Å². The highest BCUT2D eigenvalue weighted by Gasteiger charge is 2.29. The SMILES string of the molecule is CCCC1CC(c2ccc(O)c(C)c2)C1. The number of benzene rings is 1. The van der Waals surface area contributed by atoms with Crippen molar-refractivity contribution in [2.24, 2.45) is 5.92 Å². The summed E-state index contributed by atoms with van der Waals surface area (Å²) in [5.41, 5.74) is 2.42. The molecule has 2 rings (SSSR count). The zero-order valence-electron chi connectivity index (χ0n) is 9.66. The Morgan fingerprint density at radius 3 is 2.67 bits per heavy atom. The minimum absolute atomic E-state index is 0.420. The van der Waals surface area contributed by atoms with E-state index in [0.717, 1.165) is 17.4 Å². The number of phenolic OH excluding ortho intramolecular Hbond substituents is 1. The summed E-state index contributed by atoms with van der Waals surface area (Å²) in [6.07, 6.45) is 5.38. The predicted molar refractivity (Wildman–Crippen MR) is 63.2 cm³/mol. The number of phenols is 1. The van der Waals surface area contributed by atoms with E-state index < -0.39 is 0 Å². The van der Waals surface area contributed by atoms with Gasteiger partial charge in [-0.3, -0.25) is 0 Å². The molecule has 1 fully saturated rings. The van der Waals surface area contributed by atoms with Crippen LogP contribution in [0.1, 0.15) is 49.7 Å². The van der Waals surface area contributed by atoms with Crippen molar-refractivity contribution in [2.45, 2.75) is 45.4 Å². The van der Waals surface area contributed by atoms with Crippen LogP contribution < -0.4 is 0 Å². The van der Waals surface area contributed by atoms with Crippen molar-refractivity contribution < 1.29 is 5.11 Å². The van der Waals surface area contributed by atoms with Gasteiger partial charge in [0.25, 0.3) is 0 Å². The van der Waals surface area contributed by atoms with Crippen LogP contribution >= 0.6 is 0 Å². The second kappa shape index (κ2) is 4.26. The Labute approximate surface area is 92.1 Å². The van der Waals surface area contributed by atoms with E-state index in [2.05, 4.69) is 19.1 Å². The second-order valence-electron chi connectivity index (χ2n) is 4.87. The molecule has 0 unspecified atom stereocenters. The van der Waals surface area contributed by atoms with E-state index in [1.165, 1.54) is 31.2 Å². The van der Waals surface area contributed by atoms with Gasteiger partial charge >= 0.3 is 0 Å². The highest BCUT2D eigenvalue weighted by molar-refractivity contribution is 5.37. The van der Waals surface area contributed by atoms with Crippen molar-refractivity contribution in [3.63, 3.8) is 0 Å². The zero-order valence-corrected chi connectivity index (χ0v) is 9.66. The van der Waals surface area contributed by atoms with Gasteiger partial charge in [-0.05, 0) is 48.8 Å². The van der Waals surface area contributed by atoms with Crippen LogP contribution in [0.25, 0.3) is 0 Å². The van der Waals surface area contributed by atoms with E-state index in [-0.39, 0.29) is 0 Å². The van der Waals surface area contributed by atoms with Gasteiger partial charge in [0.05, 0.1) is 0 Å². The summed E-state index contributed by atoms with van der Waals surface area (Å²) in [5, 5.41) is 9.45. The molecular weight excluding hydrogens is 184 g/mol. The Morgan fingerprint density at radius 2 is 2.07 bits per heavy atom. The number of rotatable bonds is 3. The van der Waals surface area contributed by atoms with Crippen molar-refractivity contribution in [1.82, 2.24) is 0 Å². The smallest absolute Gasteiger partial charge is 0.118 e. The molecule has 0 bridgehead atoms. The molecule has 1 aliphatic rings. The van der Waals surface area contributed by atoms with Crippen LogP contribution in [0, 0.1) is 12.8 Å². The monoisotopic (exact) mass is 204 g/mol. The molecule has 0 atom stereocenters. The number of aromatic hydroxyl groups is 1. The first-order valence-corrected chi connectivity index (χ1v) is 6.00. The van der Waals surface area contributed by atoms with E-state index in [4.69, 9.17) is 0 Å². The molecule has 0 amide bonds. The summed E-state index contributed by atoms with van der Waals surface area (Å²) in [7, 11) is 0. The van der Waals surface area contributed by atoms with Gasteiger partial charge in [-0.2, -0.15) is 0 Å². The van der Waals surface area contributed by atoms with Gasteiger partial charge in [0.2, 0.25) is 0 Å². The lowest BCUT2D eigenvalue weighted by molar-refractivity contribution is 0.246. The Kier molecular flexibility index (Phi) is 2.99. The number of hydrogen-bond acceptors (Lipinski definition) is 1. The molecule has 0 aliphatic heterocycles. The van der Waals surface area contributed by atoms with Crippen LogP contribution in [0.2, 0.25) is 0 Å².